The summed E-state index contributed by atoms with van der Waals surface area (Å²) in [7, 11) is 0. The number of aromatic nitrogens is 2. The first-order valence-electron chi connectivity index (χ1n) is 6.92. The second kappa shape index (κ2) is 8.24. The number of carbonyl (C=O) groups is 1. The van der Waals surface area contributed by atoms with Crippen LogP contribution in [0.3, 0.4) is 0 Å². The zero-order valence-electron chi connectivity index (χ0n) is 11.7. The van der Waals surface area contributed by atoms with E-state index >= 15 is 0 Å². The number of rotatable bonds is 6. The van der Waals surface area contributed by atoms with Crippen LogP contribution >= 0.6 is 12.4 Å². The maximum atomic E-state index is 12.1. The Hall–Kier alpha value is -1.11. The molecule has 114 valence electrons. The number of hydrogen-bond donors (Lipinski definition) is 2. The maximum Gasteiger partial charge on any atom is 0.254 e. The summed E-state index contributed by atoms with van der Waals surface area (Å²) in [6, 6.07) is 1.81. The highest BCUT2D eigenvalue weighted by molar-refractivity contribution is 5.93. The molecule has 7 heteroatoms. The van der Waals surface area contributed by atoms with Crippen LogP contribution in [0, 0.1) is 0 Å². The van der Waals surface area contributed by atoms with Gasteiger partial charge in [0.2, 0.25) is 0 Å². The first-order valence-corrected chi connectivity index (χ1v) is 6.92. The lowest BCUT2D eigenvalue weighted by Gasteiger charge is -2.13. The monoisotopic (exact) mass is 302 g/mol. The lowest BCUT2D eigenvalue weighted by molar-refractivity contribution is -0.126. The molecule has 2 heterocycles. The first-order chi connectivity index (χ1) is 9.24. The van der Waals surface area contributed by atoms with Crippen LogP contribution in [0.2, 0.25) is 0 Å². The molecule has 1 saturated heterocycles. The summed E-state index contributed by atoms with van der Waals surface area (Å²) >= 11 is 0. The normalized spacial score (nSPS) is 21.5. The van der Waals surface area contributed by atoms with E-state index < -0.39 is 0 Å². The third kappa shape index (κ3) is 4.19. The summed E-state index contributed by atoms with van der Waals surface area (Å²) in [5.74, 6) is 0.632. The average molecular weight is 303 g/mol. The Balaban J connectivity index is 0.00000200. The molecule has 1 aliphatic rings. The minimum absolute atomic E-state index is 0. The number of ether oxygens (including phenoxy) is 1. The molecule has 0 saturated carbocycles. The standard InChI is InChI=1S/C13H22N4O2.ClH/c1-2-3-8-17-12(6-7-15-17)16-13(18)11-5-4-10(9-14)19-11;/h6-7,10-11H,2-5,8-9,14H2,1H3,(H,16,18);1H/t10-,11+;/m1./s1. The van der Waals surface area contributed by atoms with Crippen molar-refractivity contribution in [2.24, 2.45) is 5.73 Å². The van der Waals surface area contributed by atoms with Gasteiger partial charge in [-0.1, -0.05) is 13.3 Å². The predicted octanol–water partition coefficient (Wildman–Crippen LogP) is 1.55. The maximum absolute atomic E-state index is 12.1. The highest BCUT2D eigenvalue weighted by Crippen LogP contribution is 2.20. The van der Waals surface area contributed by atoms with Gasteiger partial charge in [0.1, 0.15) is 11.9 Å². The number of hydrogen-bond acceptors (Lipinski definition) is 4. The fourth-order valence-corrected chi connectivity index (χ4v) is 2.20. The van der Waals surface area contributed by atoms with Crippen molar-refractivity contribution in [3.05, 3.63) is 12.3 Å². The Morgan fingerprint density at radius 1 is 1.60 bits per heavy atom. The van der Waals surface area contributed by atoms with Crippen molar-refractivity contribution in [1.29, 1.82) is 0 Å². The lowest BCUT2D eigenvalue weighted by Crippen LogP contribution is -2.30. The molecule has 3 N–H and O–H groups in total. The largest absolute Gasteiger partial charge is 0.364 e. The van der Waals surface area contributed by atoms with Crippen LogP contribution in [0.25, 0.3) is 0 Å². The van der Waals surface area contributed by atoms with Crippen molar-refractivity contribution in [1.82, 2.24) is 9.78 Å². The third-order valence-electron chi connectivity index (χ3n) is 3.35. The number of halogens is 1. The summed E-state index contributed by atoms with van der Waals surface area (Å²) < 4.78 is 7.39. The Kier molecular flexibility index (Phi) is 6.98. The van der Waals surface area contributed by atoms with Crippen molar-refractivity contribution in [2.75, 3.05) is 11.9 Å². The Morgan fingerprint density at radius 2 is 2.40 bits per heavy atom. The quantitative estimate of drug-likeness (QED) is 0.835. The molecule has 1 aliphatic heterocycles. The van der Waals surface area contributed by atoms with Gasteiger partial charge in [0.15, 0.2) is 0 Å². The summed E-state index contributed by atoms with van der Waals surface area (Å²) in [6.07, 6.45) is 5.05. The molecule has 1 aromatic heterocycles. The number of unbranched alkanes of at least 4 members (excludes halogenated alkanes) is 1. The molecule has 2 atom stereocenters. The summed E-state index contributed by atoms with van der Waals surface area (Å²) in [6.45, 7) is 3.41. The lowest BCUT2D eigenvalue weighted by atomic mass is 10.2. The van der Waals surface area contributed by atoms with Crippen molar-refractivity contribution in [3.63, 3.8) is 0 Å². The average Bonchev–Trinajstić information content (AvgIpc) is 3.05. The molecule has 6 nitrogen and oxygen atoms in total. The van der Waals surface area contributed by atoms with E-state index in [0.29, 0.717) is 6.54 Å². The molecule has 1 amide bonds. The number of amides is 1. The van der Waals surface area contributed by atoms with Gasteiger partial charge in [-0.25, -0.2) is 4.68 Å². The minimum atomic E-state index is -0.386. The third-order valence-corrected chi connectivity index (χ3v) is 3.35. The van der Waals surface area contributed by atoms with Crippen LogP contribution in [0.5, 0.6) is 0 Å². The van der Waals surface area contributed by atoms with Crippen molar-refractivity contribution in [2.45, 2.75) is 51.4 Å². The Bertz CT molecular complexity index is 424. The molecule has 1 aromatic rings. The van der Waals surface area contributed by atoms with Gasteiger partial charge < -0.3 is 15.8 Å². The van der Waals surface area contributed by atoms with Crippen molar-refractivity contribution >= 4 is 24.1 Å². The molecular formula is C13H23ClN4O2. The predicted molar refractivity (Wildman–Crippen MR) is 80.0 cm³/mol. The summed E-state index contributed by atoms with van der Waals surface area (Å²) in [5.41, 5.74) is 5.54. The van der Waals surface area contributed by atoms with Crippen LogP contribution in [0.1, 0.15) is 32.6 Å². The Labute approximate surface area is 125 Å². The summed E-state index contributed by atoms with van der Waals surface area (Å²) in [5, 5.41) is 7.09. The van der Waals surface area contributed by atoms with Gasteiger partial charge in [0, 0.05) is 19.2 Å². The molecule has 0 spiro atoms. The second-order valence-electron chi connectivity index (χ2n) is 4.84. The number of nitrogens with two attached hydrogens (primary N) is 1. The van der Waals surface area contributed by atoms with Crippen LogP contribution in [-0.4, -0.2) is 34.4 Å². The van der Waals surface area contributed by atoms with Crippen LogP contribution in [0.4, 0.5) is 5.82 Å². The molecule has 0 aliphatic carbocycles. The van der Waals surface area contributed by atoms with Gasteiger partial charge in [-0.05, 0) is 19.3 Å². The van der Waals surface area contributed by atoms with Gasteiger partial charge in [-0.3, -0.25) is 4.79 Å². The van der Waals surface area contributed by atoms with Gasteiger partial charge in [0.05, 0.1) is 12.3 Å². The molecule has 0 radical (unpaired) electrons. The number of carbonyl (C=O) groups excluding carboxylic acids is 1. The smallest absolute Gasteiger partial charge is 0.254 e. The molecule has 0 unspecified atom stereocenters. The van der Waals surface area contributed by atoms with Crippen molar-refractivity contribution in [3.8, 4) is 0 Å². The van der Waals surface area contributed by atoms with E-state index in [1.165, 1.54) is 0 Å². The van der Waals surface area contributed by atoms with Crippen LogP contribution in [0.15, 0.2) is 12.3 Å². The number of nitrogens with zero attached hydrogens (tertiary/aromatic N) is 2. The fraction of sp³-hybridized carbons (Fsp3) is 0.692. The molecule has 20 heavy (non-hydrogen) atoms. The van der Waals surface area contributed by atoms with E-state index in [9.17, 15) is 4.79 Å². The fourth-order valence-electron chi connectivity index (χ4n) is 2.20. The van der Waals surface area contributed by atoms with E-state index in [1.54, 1.807) is 6.20 Å². The number of anilines is 1. The zero-order chi connectivity index (χ0) is 13.7. The minimum Gasteiger partial charge on any atom is -0.364 e. The SMILES string of the molecule is CCCCn1nccc1NC(=O)[C@@H]1CC[C@H](CN)O1.Cl. The summed E-state index contributed by atoms with van der Waals surface area (Å²) in [4.78, 5) is 12.1. The van der Waals surface area contributed by atoms with E-state index in [4.69, 9.17) is 10.5 Å². The second-order valence-corrected chi connectivity index (χ2v) is 4.84. The van der Waals surface area contributed by atoms with Crippen LogP contribution < -0.4 is 11.1 Å². The first kappa shape index (κ1) is 16.9. The highest BCUT2D eigenvalue weighted by Gasteiger charge is 2.30. The highest BCUT2D eigenvalue weighted by atomic mass is 35.5. The van der Waals surface area contributed by atoms with Crippen molar-refractivity contribution < 1.29 is 9.53 Å². The number of nitrogens with one attached hydrogen (secondary N) is 1. The van der Waals surface area contributed by atoms with E-state index in [-0.39, 0.29) is 30.5 Å². The zero-order valence-corrected chi connectivity index (χ0v) is 12.6. The van der Waals surface area contributed by atoms with Gasteiger partial charge in [0.25, 0.3) is 5.91 Å². The van der Waals surface area contributed by atoms with Gasteiger partial charge in [-0.15, -0.1) is 12.4 Å². The van der Waals surface area contributed by atoms with E-state index in [1.807, 2.05) is 10.7 Å². The van der Waals surface area contributed by atoms with Gasteiger partial charge >= 0.3 is 0 Å². The Morgan fingerprint density at radius 3 is 3.05 bits per heavy atom. The van der Waals surface area contributed by atoms with E-state index in [0.717, 1.165) is 38.0 Å². The van der Waals surface area contributed by atoms with Crippen LogP contribution in [-0.2, 0) is 16.1 Å². The molecule has 0 bridgehead atoms. The molecule has 1 fully saturated rings. The molecular weight excluding hydrogens is 280 g/mol. The molecule has 2 rings (SSSR count). The number of aryl methyl sites for hydroxylation is 1. The van der Waals surface area contributed by atoms with E-state index in [2.05, 4.69) is 17.3 Å². The van der Waals surface area contributed by atoms with Gasteiger partial charge in [-0.2, -0.15) is 5.10 Å². The molecule has 0 aromatic carbocycles. The topological polar surface area (TPSA) is 82.2 Å².